The van der Waals surface area contributed by atoms with Gasteiger partial charge in [-0.25, -0.2) is 0 Å². The summed E-state index contributed by atoms with van der Waals surface area (Å²) in [6, 6.07) is 14.6. The van der Waals surface area contributed by atoms with E-state index in [9.17, 15) is 10.1 Å². The minimum absolute atomic E-state index is 0.156. The lowest BCUT2D eigenvalue weighted by atomic mass is 9.68. The third kappa shape index (κ3) is 2.41. The van der Waals surface area contributed by atoms with Gasteiger partial charge in [0.15, 0.2) is 5.78 Å². The summed E-state index contributed by atoms with van der Waals surface area (Å²) < 4.78 is 0. The fourth-order valence-electron chi connectivity index (χ4n) is 5.29. The molecule has 1 N–H and O–H groups in total. The minimum atomic E-state index is -0.183. The van der Waals surface area contributed by atoms with Gasteiger partial charge in [-0.1, -0.05) is 32.0 Å². The van der Waals surface area contributed by atoms with Gasteiger partial charge in [0.05, 0.1) is 11.6 Å². The molecule has 0 bridgehead atoms. The summed E-state index contributed by atoms with van der Waals surface area (Å²) >= 11 is 0. The van der Waals surface area contributed by atoms with Crippen molar-refractivity contribution in [2.24, 2.45) is 0 Å². The van der Waals surface area contributed by atoms with Crippen molar-refractivity contribution in [3.63, 3.8) is 0 Å². The van der Waals surface area contributed by atoms with Crippen LogP contribution in [0.2, 0.25) is 0 Å². The Kier molecular flexibility index (Phi) is 3.82. The summed E-state index contributed by atoms with van der Waals surface area (Å²) in [6.45, 7) is 6.56. The molecule has 2 aliphatic carbocycles. The van der Waals surface area contributed by atoms with Crippen LogP contribution in [-0.4, -0.2) is 18.9 Å². The molecular formula is C25H24N2O. The Hall–Kier alpha value is -2.70. The zero-order chi connectivity index (χ0) is 19.5. The summed E-state index contributed by atoms with van der Waals surface area (Å²) in [4.78, 5) is 13.6. The standard InChI is InChI=1S/C25H24N2O/c1-25(2)21-6-4-17(16-7-9-27-10-8-16)12-20(21)24(28)23-19-5-3-15(14-26)11-18(19)13-22(23)25/h3-6,11-12,16,27H,7-10,13H2,1-2H3. The summed E-state index contributed by atoms with van der Waals surface area (Å²) in [7, 11) is 0. The van der Waals surface area contributed by atoms with Crippen molar-refractivity contribution < 1.29 is 4.79 Å². The summed E-state index contributed by atoms with van der Waals surface area (Å²) in [5.41, 5.74) is 7.99. The van der Waals surface area contributed by atoms with Crippen molar-refractivity contribution in [2.75, 3.05) is 13.1 Å². The van der Waals surface area contributed by atoms with E-state index in [0.717, 1.165) is 60.2 Å². The number of allylic oxidation sites excluding steroid dienone is 2. The van der Waals surface area contributed by atoms with Crippen LogP contribution < -0.4 is 5.32 Å². The van der Waals surface area contributed by atoms with Gasteiger partial charge in [-0.3, -0.25) is 4.79 Å². The number of nitriles is 1. The minimum Gasteiger partial charge on any atom is -0.317 e. The van der Waals surface area contributed by atoms with Crippen LogP contribution in [0.5, 0.6) is 0 Å². The Morgan fingerprint density at radius 3 is 2.61 bits per heavy atom. The van der Waals surface area contributed by atoms with Crippen LogP contribution in [0.4, 0.5) is 0 Å². The molecule has 140 valence electrons. The molecule has 3 heteroatoms. The lowest BCUT2D eigenvalue weighted by Gasteiger charge is -2.35. The van der Waals surface area contributed by atoms with Crippen LogP contribution in [0.15, 0.2) is 42.0 Å². The molecule has 2 aromatic rings. The predicted molar refractivity (Wildman–Crippen MR) is 110 cm³/mol. The summed E-state index contributed by atoms with van der Waals surface area (Å²) in [5, 5.41) is 12.7. The van der Waals surface area contributed by atoms with Crippen molar-refractivity contribution in [3.8, 4) is 6.07 Å². The summed E-state index contributed by atoms with van der Waals surface area (Å²) in [6.07, 6.45) is 3.02. The van der Waals surface area contributed by atoms with E-state index in [1.54, 1.807) is 0 Å². The van der Waals surface area contributed by atoms with E-state index in [1.807, 2.05) is 18.2 Å². The molecule has 1 heterocycles. The number of hydrogen-bond acceptors (Lipinski definition) is 3. The van der Waals surface area contributed by atoms with Crippen LogP contribution in [-0.2, 0) is 11.8 Å². The number of carbonyl (C=O) groups is 1. The van der Waals surface area contributed by atoms with Gasteiger partial charge >= 0.3 is 0 Å². The molecule has 3 aliphatic rings. The fraction of sp³-hybridized carbons (Fsp3) is 0.360. The smallest absolute Gasteiger partial charge is 0.193 e. The number of carbonyl (C=O) groups excluding carboxylic acids is 1. The number of ketones is 1. The lowest BCUT2D eigenvalue weighted by Crippen LogP contribution is -2.30. The van der Waals surface area contributed by atoms with Gasteiger partial charge in [0.1, 0.15) is 0 Å². The zero-order valence-corrected chi connectivity index (χ0v) is 16.4. The molecule has 0 aromatic heterocycles. The maximum absolute atomic E-state index is 13.6. The number of hydrogen-bond donors (Lipinski definition) is 1. The van der Waals surface area contributed by atoms with Crippen molar-refractivity contribution in [2.45, 2.75) is 44.4 Å². The van der Waals surface area contributed by atoms with Crippen molar-refractivity contribution >= 4 is 11.4 Å². The first-order valence-corrected chi connectivity index (χ1v) is 10.2. The highest BCUT2D eigenvalue weighted by Crippen LogP contribution is 2.50. The average molecular weight is 368 g/mol. The van der Waals surface area contributed by atoms with Crippen LogP contribution in [0.1, 0.15) is 70.8 Å². The quantitative estimate of drug-likeness (QED) is 0.806. The number of nitrogens with one attached hydrogen (secondary N) is 1. The van der Waals surface area contributed by atoms with Gasteiger partial charge in [0, 0.05) is 16.6 Å². The Bertz CT molecular complexity index is 1080. The molecule has 3 nitrogen and oxygen atoms in total. The van der Waals surface area contributed by atoms with Gasteiger partial charge in [-0.05, 0) is 84.3 Å². The average Bonchev–Trinajstić information content (AvgIpc) is 3.12. The van der Waals surface area contributed by atoms with E-state index in [-0.39, 0.29) is 11.2 Å². The molecule has 0 amide bonds. The van der Waals surface area contributed by atoms with Gasteiger partial charge < -0.3 is 5.32 Å². The molecule has 0 spiro atoms. The highest BCUT2D eigenvalue weighted by atomic mass is 16.1. The molecule has 1 fully saturated rings. The Morgan fingerprint density at radius 1 is 1.07 bits per heavy atom. The van der Waals surface area contributed by atoms with Crippen molar-refractivity contribution in [1.29, 1.82) is 5.26 Å². The molecule has 5 rings (SSSR count). The molecule has 1 aliphatic heterocycles. The Morgan fingerprint density at radius 2 is 1.86 bits per heavy atom. The van der Waals surface area contributed by atoms with E-state index in [0.29, 0.717) is 11.5 Å². The van der Waals surface area contributed by atoms with Gasteiger partial charge in [0.2, 0.25) is 0 Å². The van der Waals surface area contributed by atoms with Gasteiger partial charge in [-0.2, -0.15) is 5.26 Å². The molecule has 1 saturated heterocycles. The monoisotopic (exact) mass is 368 g/mol. The maximum Gasteiger partial charge on any atom is 0.193 e. The first kappa shape index (κ1) is 17.4. The fourth-order valence-corrected chi connectivity index (χ4v) is 5.29. The van der Waals surface area contributed by atoms with Crippen molar-refractivity contribution in [3.05, 3.63) is 75.4 Å². The Labute approximate surface area is 166 Å². The predicted octanol–water partition coefficient (Wildman–Crippen LogP) is 4.51. The molecule has 0 radical (unpaired) electrons. The number of rotatable bonds is 1. The molecule has 0 atom stereocenters. The van der Waals surface area contributed by atoms with E-state index < -0.39 is 0 Å². The second kappa shape index (κ2) is 6.15. The molecule has 0 unspecified atom stereocenters. The normalized spacial score (nSPS) is 20.4. The number of fused-ring (bicyclic) bond motifs is 3. The topological polar surface area (TPSA) is 52.9 Å². The SMILES string of the molecule is CC1(C)C2=C(C(=O)c3cc(C4CCNCC4)ccc31)c1ccc(C#N)cc1C2. The zero-order valence-electron chi connectivity index (χ0n) is 16.4. The highest BCUT2D eigenvalue weighted by Gasteiger charge is 2.42. The molecule has 2 aromatic carbocycles. The molecule has 28 heavy (non-hydrogen) atoms. The lowest BCUT2D eigenvalue weighted by molar-refractivity contribution is 0.105. The molecule has 0 saturated carbocycles. The number of nitrogens with zero attached hydrogens (tertiary/aromatic N) is 1. The molecular weight excluding hydrogens is 344 g/mol. The third-order valence-corrected chi connectivity index (χ3v) is 6.93. The van der Waals surface area contributed by atoms with Gasteiger partial charge in [-0.15, -0.1) is 0 Å². The van der Waals surface area contributed by atoms with Crippen LogP contribution >= 0.6 is 0 Å². The van der Waals surface area contributed by atoms with Crippen LogP contribution in [0, 0.1) is 11.3 Å². The third-order valence-electron chi connectivity index (χ3n) is 6.93. The second-order valence-corrected chi connectivity index (χ2v) is 8.80. The first-order chi connectivity index (χ1) is 13.5. The van der Waals surface area contributed by atoms with Gasteiger partial charge in [0.25, 0.3) is 0 Å². The van der Waals surface area contributed by atoms with E-state index >= 15 is 0 Å². The number of benzene rings is 2. The van der Waals surface area contributed by atoms with Crippen molar-refractivity contribution in [1.82, 2.24) is 5.32 Å². The van der Waals surface area contributed by atoms with E-state index in [4.69, 9.17) is 0 Å². The largest absolute Gasteiger partial charge is 0.317 e. The maximum atomic E-state index is 13.6. The van der Waals surface area contributed by atoms with E-state index in [1.165, 1.54) is 11.1 Å². The van der Waals surface area contributed by atoms with Crippen LogP contribution in [0.25, 0.3) is 5.57 Å². The number of piperidine rings is 1. The second-order valence-electron chi connectivity index (χ2n) is 8.80. The highest BCUT2D eigenvalue weighted by molar-refractivity contribution is 6.33. The van der Waals surface area contributed by atoms with E-state index in [2.05, 4.69) is 43.4 Å². The summed E-state index contributed by atoms with van der Waals surface area (Å²) in [5.74, 6) is 0.690. The Balaban J connectivity index is 1.63. The number of Topliss-reactive ketones (excluding diaryl/α,β-unsaturated/α-hetero) is 1. The first-order valence-electron chi connectivity index (χ1n) is 10.2. The van der Waals surface area contributed by atoms with Crippen LogP contribution in [0.3, 0.4) is 0 Å².